The van der Waals surface area contributed by atoms with Crippen LogP contribution in [-0.4, -0.2) is 43.5 Å². The Morgan fingerprint density at radius 2 is 2.28 bits per heavy atom. The summed E-state index contributed by atoms with van der Waals surface area (Å²) in [4.78, 5) is 13.8. The Morgan fingerprint density at radius 3 is 2.94 bits per heavy atom. The Morgan fingerprint density at radius 1 is 1.50 bits per heavy atom. The Bertz CT molecular complexity index is 416. The van der Waals surface area contributed by atoms with Gasteiger partial charge in [0.25, 0.3) is 0 Å². The van der Waals surface area contributed by atoms with Crippen LogP contribution in [0, 0.1) is 5.82 Å². The van der Waals surface area contributed by atoms with Gasteiger partial charge in [0.15, 0.2) is 5.78 Å². The van der Waals surface area contributed by atoms with E-state index in [-0.39, 0.29) is 24.0 Å². The Balaban J connectivity index is 1.88. The largest absolute Gasteiger partial charge is 0.377 e. The van der Waals surface area contributed by atoms with E-state index in [1.165, 1.54) is 12.1 Å². The second-order valence-corrected chi connectivity index (χ2v) is 4.73. The quantitative estimate of drug-likeness (QED) is 0.751. The third-order valence-electron chi connectivity index (χ3n) is 3.13. The van der Waals surface area contributed by atoms with Gasteiger partial charge in [-0.15, -0.1) is 0 Å². The summed E-state index contributed by atoms with van der Waals surface area (Å²) in [6.07, 6.45) is 2.33. The molecule has 0 N–H and O–H groups in total. The van der Waals surface area contributed by atoms with E-state index in [1.807, 2.05) is 11.9 Å². The molecule has 4 heteroatoms. The molecule has 2 rings (SSSR count). The maximum Gasteiger partial charge on any atom is 0.179 e. The molecule has 1 aromatic rings. The summed E-state index contributed by atoms with van der Waals surface area (Å²) in [5, 5.41) is 0. The lowest BCUT2D eigenvalue weighted by Gasteiger charge is -2.19. The molecule has 1 aromatic carbocycles. The van der Waals surface area contributed by atoms with E-state index >= 15 is 0 Å². The number of hydrogen-bond acceptors (Lipinski definition) is 3. The van der Waals surface area contributed by atoms with E-state index in [9.17, 15) is 9.18 Å². The predicted octanol–water partition coefficient (Wildman–Crippen LogP) is 2.12. The number of rotatable bonds is 5. The second kappa shape index (κ2) is 6.07. The minimum Gasteiger partial charge on any atom is -0.377 e. The van der Waals surface area contributed by atoms with Crippen molar-refractivity contribution >= 4 is 5.78 Å². The molecule has 1 aliphatic rings. The number of halogens is 1. The number of carbonyl (C=O) groups is 1. The van der Waals surface area contributed by atoms with Crippen molar-refractivity contribution in [3.63, 3.8) is 0 Å². The fourth-order valence-electron chi connectivity index (χ4n) is 2.22. The Kier molecular flexibility index (Phi) is 4.44. The first-order valence-corrected chi connectivity index (χ1v) is 6.24. The molecule has 0 amide bonds. The highest BCUT2D eigenvalue weighted by Crippen LogP contribution is 2.13. The standard InChI is InChI=1S/C14H18FNO2/c1-16(9-11-5-4-8-18-11)10-14(17)12-6-2-3-7-13(12)15/h2-3,6-7,11H,4-5,8-10H2,1H3. The van der Waals surface area contributed by atoms with Gasteiger partial charge in [-0.2, -0.15) is 0 Å². The molecule has 1 unspecified atom stereocenters. The number of Topliss-reactive ketones (excluding diaryl/α,β-unsaturated/α-hetero) is 1. The summed E-state index contributed by atoms with van der Waals surface area (Å²) >= 11 is 0. The fourth-order valence-corrected chi connectivity index (χ4v) is 2.22. The van der Waals surface area contributed by atoms with Crippen molar-refractivity contribution in [3.8, 4) is 0 Å². The molecule has 0 radical (unpaired) electrons. The molecule has 1 heterocycles. The number of carbonyl (C=O) groups excluding carboxylic acids is 1. The number of ether oxygens (including phenoxy) is 1. The van der Waals surface area contributed by atoms with Gasteiger partial charge in [-0.3, -0.25) is 9.69 Å². The van der Waals surface area contributed by atoms with E-state index in [1.54, 1.807) is 12.1 Å². The van der Waals surface area contributed by atoms with E-state index in [2.05, 4.69) is 0 Å². The SMILES string of the molecule is CN(CC(=O)c1ccccc1F)CC1CCCO1. The van der Waals surface area contributed by atoms with Crippen molar-refractivity contribution in [2.45, 2.75) is 18.9 Å². The molecule has 1 aliphatic heterocycles. The van der Waals surface area contributed by atoms with Crippen LogP contribution >= 0.6 is 0 Å². The van der Waals surface area contributed by atoms with Crippen LogP contribution in [0.5, 0.6) is 0 Å². The molecular weight excluding hydrogens is 233 g/mol. The molecule has 0 spiro atoms. The summed E-state index contributed by atoms with van der Waals surface area (Å²) < 4.78 is 18.9. The first kappa shape index (κ1) is 13.2. The number of nitrogens with zero attached hydrogens (tertiary/aromatic N) is 1. The maximum atomic E-state index is 13.4. The van der Waals surface area contributed by atoms with Gasteiger partial charge >= 0.3 is 0 Å². The topological polar surface area (TPSA) is 29.5 Å². The third kappa shape index (κ3) is 3.37. The molecule has 98 valence electrons. The highest BCUT2D eigenvalue weighted by Gasteiger charge is 2.19. The number of likely N-dealkylation sites (N-methyl/N-ethyl adjacent to an activating group) is 1. The summed E-state index contributed by atoms with van der Waals surface area (Å²) in [6, 6.07) is 6.10. The predicted molar refractivity (Wildman–Crippen MR) is 67.2 cm³/mol. The van der Waals surface area contributed by atoms with Crippen LogP contribution in [0.2, 0.25) is 0 Å². The lowest BCUT2D eigenvalue weighted by Crippen LogP contribution is -2.33. The number of hydrogen-bond donors (Lipinski definition) is 0. The van der Waals surface area contributed by atoms with Gasteiger partial charge in [0.1, 0.15) is 5.82 Å². The zero-order valence-corrected chi connectivity index (χ0v) is 10.6. The van der Waals surface area contributed by atoms with Crippen LogP contribution < -0.4 is 0 Å². The van der Waals surface area contributed by atoms with Crippen molar-refractivity contribution in [3.05, 3.63) is 35.6 Å². The van der Waals surface area contributed by atoms with Gasteiger partial charge in [-0.05, 0) is 32.0 Å². The molecule has 0 bridgehead atoms. The fraction of sp³-hybridized carbons (Fsp3) is 0.500. The van der Waals surface area contributed by atoms with E-state index in [0.717, 1.165) is 26.0 Å². The van der Waals surface area contributed by atoms with Gasteiger partial charge in [0.05, 0.1) is 18.2 Å². The average Bonchev–Trinajstić information content (AvgIpc) is 2.82. The smallest absolute Gasteiger partial charge is 0.179 e. The molecule has 1 saturated heterocycles. The lowest BCUT2D eigenvalue weighted by atomic mass is 10.1. The number of ketones is 1. The van der Waals surface area contributed by atoms with Crippen molar-refractivity contribution < 1.29 is 13.9 Å². The van der Waals surface area contributed by atoms with Crippen LogP contribution in [-0.2, 0) is 4.74 Å². The zero-order valence-electron chi connectivity index (χ0n) is 10.6. The summed E-state index contributed by atoms with van der Waals surface area (Å²) in [5.41, 5.74) is 0.164. The van der Waals surface area contributed by atoms with Crippen LogP contribution in [0.25, 0.3) is 0 Å². The third-order valence-corrected chi connectivity index (χ3v) is 3.13. The minimum absolute atomic E-state index is 0.164. The van der Waals surface area contributed by atoms with Gasteiger partial charge < -0.3 is 4.74 Å². The number of benzene rings is 1. The van der Waals surface area contributed by atoms with Crippen LogP contribution in [0.15, 0.2) is 24.3 Å². The zero-order chi connectivity index (χ0) is 13.0. The second-order valence-electron chi connectivity index (χ2n) is 4.73. The van der Waals surface area contributed by atoms with E-state index < -0.39 is 5.82 Å². The van der Waals surface area contributed by atoms with Crippen molar-refractivity contribution in [1.29, 1.82) is 0 Å². The molecule has 0 saturated carbocycles. The summed E-state index contributed by atoms with van der Waals surface area (Å²) in [6.45, 7) is 1.75. The molecule has 1 fully saturated rings. The van der Waals surface area contributed by atoms with Gasteiger partial charge in [-0.25, -0.2) is 4.39 Å². The molecule has 0 aliphatic carbocycles. The first-order valence-electron chi connectivity index (χ1n) is 6.24. The van der Waals surface area contributed by atoms with E-state index in [4.69, 9.17) is 4.74 Å². The monoisotopic (exact) mass is 251 g/mol. The highest BCUT2D eigenvalue weighted by molar-refractivity contribution is 5.97. The summed E-state index contributed by atoms with van der Waals surface area (Å²) in [5.74, 6) is -0.637. The van der Waals surface area contributed by atoms with Crippen molar-refractivity contribution in [2.75, 3.05) is 26.7 Å². The van der Waals surface area contributed by atoms with Crippen LogP contribution in [0.4, 0.5) is 4.39 Å². The van der Waals surface area contributed by atoms with Crippen LogP contribution in [0.3, 0.4) is 0 Å². The molecular formula is C14H18FNO2. The Hall–Kier alpha value is -1.26. The maximum absolute atomic E-state index is 13.4. The molecule has 1 atom stereocenters. The summed E-state index contributed by atoms with van der Waals surface area (Å²) in [7, 11) is 1.86. The normalized spacial score (nSPS) is 19.4. The van der Waals surface area contributed by atoms with Crippen molar-refractivity contribution in [2.24, 2.45) is 0 Å². The van der Waals surface area contributed by atoms with Crippen LogP contribution in [0.1, 0.15) is 23.2 Å². The van der Waals surface area contributed by atoms with Gasteiger partial charge in [0.2, 0.25) is 0 Å². The Labute approximate surface area is 107 Å². The molecule has 3 nitrogen and oxygen atoms in total. The lowest BCUT2D eigenvalue weighted by molar-refractivity contribution is 0.0739. The average molecular weight is 251 g/mol. The molecule has 0 aromatic heterocycles. The first-order chi connectivity index (χ1) is 8.66. The van der Waals surface area contributed by atoms with Crippen molar-refractivity contribution in [1.82, 2.24) is 4.90 Å². The van der Waals surface area contributed by atoms with Gasteiger partial charge in [-0.1, -0.05) is 12.1 Å². The molecule has 18 heavy (non-hydrogen) atoms. The van der Waals surface area contributed by atoms with E-state index in [0.29, 0.717) is 0 Å². The minimum atomic E-state index is -0.451. The highest BCUT2D eigenvalue weighted by atomic mass is 19.1. The van der Waals surface area contributed by atoms with Gasteiger partial charge in [0, 0.05) is 13.2 Å².